The molecule has 0 aliphatic heterocycles. The molecule has 0 fully saturated rings. The van der Waals surface area contributed by atoms with Gasteiger partial charge in [-0.15, -0.1) is 0 Å². The summed E-state index contributed by atoms with van der Waals surface area (Å²) in [6, 6.07) is 23.8. The molecule has 41 heavy (non-hydrogen) atoms. The molecule has 8 nitrogen and oxygen atoms in total. The molecule has 0 saturated heterocycles. The summed E-state index contributed by atoms with van der Waals surface area (Å²) in [5.74, 6) is -0.470. The van der Waals surface area contributed by atoms with E-state index in [1.807, 2.05) is 60.0 Å². The monoisotopic (exact) mass is 544 g/mol. The largest absolute Gasteiger partial charge is 0.355 e. The van der Waals surface area contributed by atoms with Gasteiger partial charge in [-0.25, -0.2) is 14.2 Å². The quantitative estimate of drug-likeness (QED) is 0.329. The topological polar surface area (TPSA) is 97.6 Å². The van der Waals surface area contributed by atoms with Crippen LogP contribution in [0.1, 0.15) is 21.5 Å². The Morgan fingerprint density at radius 1 is 0.927 bits per heavy atom. The van der Waals surface area contributed by atoms with Crippen molar-refractivity contribution in [2.75, 3.05) is 7.05 Å². The zero-order valence-electron chi connectivity index (χ0n) is 22.9. The van der Waals surface area contributed by atoms with Crippen LogP contribution < -0.4 is 11.0 Å². The Balaban J connectivity index is 1.60. The van der Waals surface area contributed by atoms with E-state index >= 15 is 0 Å². The molecule has 1 amide bonds. The van der Waals surface area contributed by atoms with Crippen LogP contribution in [0.15, 0.2) is 77.6 Å². The number of hydrogen-bond acceptors (Lipinski definition) is 4. The Morgan fingerprint density at radius 2 is 1.63 bits per heavy atom. The fourth-order valence-corrected chi connectivity index (χ4v) is 5.35. The van der Waals surface area contributed by atoms with Gasteiger partial charge in [0.1, 0.15) is 11.6 Å². The summed E-state index contributed by atoms with van der Waals surface area (Å²) in [7, 11) is 4.94. The molecule has 0 aliphatic rings. The first kappa shape index (κ1) is 25.8. The average Bonchev–Trinajstić information content (AvgIpc) is 3.47. The molecule has 9 heteroatoms. The van der Waals surface area contributed by atoms with Crippen LogP contribution in [0.2, 0.25) is 0 Å². The van der Waals surface area contributed by atoms with Gasteiger partial charge in [0.05, 0.1) is 39.3 Å². The zero-order valence-corrected chi connectivity index (χ0v) is 22.9. The number of benzene rings is 4. The number of amides is 1. The number of imidazole rings is 2. The number of fused-ring (bicyclic) bond motifs is 2. The number of carbonyl (C=O) groups excluding carboxylic acids is 1. The van der Waals surface area contributed by atoms with E-state index in [2.05, 4.69) is 11.4 Å². The van der Waals surface area contributed by atoms with E-state index in [4.69, 9.17) is 4.98 Å². The SMILES string of the molecule is CNC(=O)c1ccc(-c2ccc3c(c2)nc(-c2cccc(C#N)c2C)n3-c2ccc3c(c2)n(C)c(=O)n3C)cc1F. The van der Waals surface area contributed by atoms with Crippen molar-refractivity contribution in [3.8, 4) is 34.3 Å². The van der Waals surface area contributed by atoms with E-state index in [0.717, 1.165) is 38.9 Å². The molecule has 4 aromatic carbocycles. The minimum atomic E-state index is -0.612. The van der Waals surface area contributed by atoms with Crippen molar-refractivity contribution in [3.05, 3.63) is 106 Å². The highest BCUT2D eigenvalue weighted by Gasteiger charge is 2.20. The Hall–Kier alpha value is -5.49. The van der Waals surface area contributed by atoms with Crippen molar-refractivity contribution < 1.29 is 9.18 Å². The molecule has 6 aromatic rings. The van der Waals surface area contributed by atoms with E-state index in [1.54, 1.807) is 35.4 Å². The third kappa shape index (κ3) is 4.00. The first-order valence-electron chi connectivity index (χ1n) is 12.9. The van der Waals surface area contributed by atoms with Crippen molar-refractivity contribution in [2.45, 2.75) is 6.92 Å². The average molecular weight is 545 g/mol. The molecule has 6 rings (SSSR count). The van der Waals surface area contributed by atoms with Crippen LogP contribution in [-0.2, 0) is 14.1 Å². The summed E-state index contributed by atoms with van der Waals surface area (Å²) in [5, 5.41) is 12.1. The lowest BCUT2D eigenvalue weighted by atomic mass is 10.0. The molecular formula is C32H25FN6O2. The fourth-order valence-electron chi connectivity index (χ4n) is 5.35. The maximum atomic E-state index is 14.8. The van der Waals surface area contributed by atoms with Gasteiger partial charge < -0.3 is 5.32 Å². The van der Waals surface area contributed by atoms with Crippen LogP contribution in [0.3, 0.4) is 0 Å². The maximum absolute atomic E-state index is 14.8. The normalized spacial score (nSPS) is 11.2. The highest BCUT2D eigenvalue weighted by Crippen LogP contribution is 2.34. The van der Waals surface area contributed by atoms with Gasteiger partial charge >= 0.3 is 5.69 Å². The predicted molar refractivity (Wildman–Crippen MR) is 156 cm³/mol. The standard InChI is InChI=1S/C32H25FN6O2/c1-18-21(17-34)6-5-7-23(18)30-36-26-15-20(19-8-11-24(25(33)14-19)31(40)35-2)9-12-27(26)39(30)22-10-13-28-29(16-22)38(4)32(41)37(28)3/h5-16H,1-4H3,(H,35,40). The number of aryl methyl sites for hydroxylation is 2. The Morgan fingerprint density at radius 3 is 2.37 bits per heavy atom. The molecule has 0 saturated carbocycles. The molecule has 0 atom stereocenters. The van der Waals surface area contributed by atoms with Crippen LogP contribution in [0.4, 0.5) is 4.39 Å². The molecule has 2 aromatic heterocycles. The first-order chi connectivity index (χ1) is 19.7. The highest BCUT2D eigenvalue weighted by atomic mass is 19.1. The van der Waals surface area contributed by atoms with Gasteiger partial charge in [-0.2, -0.15) is 5.26 Å². The van der Waals surface area contributed by atoms with Crippen LogP contribution in [-0.4, -0.2) is 31.6 Å². The summed E-state index contributed by atoms with van der Waals surface area (Å²) in [4.78, 5) is 29.6. The Kier molecular flexibility index (Phi) is 6.04. The van der Waals surface area contributed by atoms with Crippen LogP contribution in [0.25, 0.3) is 50.3 Å². The van der Waals surface area contributed by atoms with E-state index in [9.17, 15) is 19.2 Å². The molecule has 0 radical (unpaired) electrons. The molecule has 0 aliphatic carbocycles. The molecule has 0 spiro atoms. The smallest absolute Gasteiger partial charge is 0.328 e. The Bertz CT molecular complexity index is 2140. The number of aromatic nitrogens is 4. The summed E-state index contributed by atoms with van der Waals surface area (Å²) < 4.78 is 20.0. The zero-order chi connectivity index (χ0) is 29.0. The maximum Gasteiger partial charge on any atom is 0.328 e. The van der Waals surface area contributed by atoms with Crippen LogP contribution >= 0.6 is 0 Å². The van der Waals surface area contributed by atoms with Crippen molar-refractivity contribution in [1.29, 1.82) is 5.26 Å². The number of carbonyl (C=O) groups is 1. The molecule has 202 valence electrons. The molecular weight excluding hydrogens is 519 g/mol. The van der Waals surface area contributed by atoms with Crippen LogP contribution in [0.5, 0.6) is 0 Å². The minimum absolute atomic E-state index is 0.0255. The summed E-state index contributed by atoms with van der Waals surface area (Å²) in [6.07, 6.45) is 0. The van der Waals surface area contributed by atoms with Gasteiger partial charge in [0.25, 0.3) is 5.91 Å². The number of nitriles is 1. The van der Waals surface area contributed by atoms with E-state index in [0.29, 0.717) is 22.5 Å². The van der Waals surface area contributed by atoms with E-state index < -0.39 is 11.7 Å². The highest BCUT2D eigenvalue weighted by molar-refractivity contribution is 5.95. The second-order valence-electron chi connectivity index (χ2n) is 9.91. The second-order valence-corrected chi connectivity index (χ2v) is 9.91. The number of nitrogens with zero attached hydrogens (tertiary/aromatic N) is 5. The lowest BCUT2D eigenvalue weighted by molar-refractivity contribution is 0.0959. The van der Waals surface area contributed by atoms with Gasteiger partial charge in [0, 0.05) is 32.4 Å². The van der Waals surface area contributed by atoms with Crippen molar-refractivity contribution in [3.63, 3.8) is 0 Å². The van der Waals surface area contributed by atoms with Crippen molar-refractivity contribution >= 4 is 28.0 Å². The van der Waals surface area contributed by atoms with Gasteiger partial charge in [-0.3, -0.25) is 18.5 Å². The van der Waals surface area contributed by atoms with E-state index in [-0.39, 0.29) is 11.3 Å². The van der Waals surface area contributed by atoms with Crippen LogP contribution in [0, 0.1) is 24.1 Å². The third-order valence-corrected chi connectivity index (χ3v) is 7.64. The number of halogens is 1. The third-order valence-electron chi connectivity index (χ3n) is 7.64. The number of nitrogens with one attached hydrogen (secondary N) is 1. The minimum Gasteiger partial charge on any atom is -0.355 e. The summed E-state index contributed by atoms with van der Waals surface area (Å²) in [6.45, 7) is 1.89. The molecule has 1 N–H and O–H groups in total. The Labute approximate surface area is 234 Å². The van der Waals surface area contributed by atoms with Crippen molar-refractivity contribution in [2.24, 2.45) is 14.1 Å². The van der Waals surface area contributed by atoms with Gasteiger partial charge in [0.15, 0.2) is 0 Å². The fraction of sp³-hybridized carbons (Fsp3) is 0.125. The summed E-state index contributed by atoms with van der Waals surface area (Å²) >= 11 is 0. The van der Waals surface area contributed by atoms with E-state index in [1.165, 1.54) is 19.2 Å². The van der Waals surface area contributed by atoms with Gasteiger partial charge in [0.2, 0.25) is 0 Å². The summed E-state index contributed by atoms with van der Waals surface area (Å²) in [5.41, 5.74) is 7.18. The number of rotatable bonds is 4. The first-order valence-corrected chi connectivity index (χ1v) is 12.9. The lowest BCUT2D eigenvalue weighted by Crippen LogP contribution is -2.19. The second kappa shape index (κ2) is 9.61. The molecule has 0 bridgehead atoms. The number of hydrogen-bond donors (Lipinski definition) is 1. The van der Waals surface area contributed by atoms with Crippen molar-refractivity contribution in [1.82, 2.24) is 24.0 Å². The van der Waals surface area contributed by atoms with Gasteiger partial charge in [-0.05, 0) is 72.1 Å². The molecule has 2 heterocycles. The molecule has 0 unspecified atom stereocenters. The predicted octanol–water partition coefficient (Wildman–Crippen LogP) is 5.23. The lowest BCUT2D eigenvalue weighted by Gasteiger charge is -2.13. The van der Waals surface area contributed by atoms with Gasteiger partial charge in [-0.1, -0.05) is 24.3 Å².